The van der Waals surface area contributed by atoms with Crippen LogP contribution < -0.4 is 0 Å². The van der Waals surface area contributed by atoms with Crippen LogP contribution in [-0.4, -0.2) is 21.8 Å². The highest BCUT2D eigenvalue weighted by atomic mass is 32.2. The second-order valence-electron chi connectivity index (χ2n) is 4.04. The molecule has 0 saturated heterocycles. The van der Waals surface area contributed by atoms with E-state index in [0.717, 1.165) is 30.0 Å². The van der Waals surface area contributed by atoms with Crippen molar-refractivity contribution in [2.45, 2.75) is 25.0 Å². The van der Waals surface area contributed by atoms with E-state index in [1.54, 1.807) is 23.1 Å². The van der Waals surface area contributed by atoms with E-state index in [0.29, 0.717) is 6.42 Å². The van der Waals surface area contributed by atoms with Crippen molar-refractivity contribution in [1.29, 1.82) is 0 Å². The molecule has 5 heteroatoms. The molecule has 0 unspecified atom stereocenters. The van der Waals surface area contributed by atoms with Gasteiger partial charge in [0.1, 0.15) is 0 Å². The van der Waals surface area contributed by atoms with E-state index in [1.165, 1.54) is 0 Å². The molecule has 0 spiro atoms. The summed E-state index contributed by atoms with van der Waals surface area (Å²) >= 11 is 3.41. The number of nitrogens with zero attached hydrogens (tertiary/aromatic N) is 1. The Balaban J connectivity index is 1.72. The van der Waals surface area contributed by atoms with Crippen LogP contribution >= 0.6 is 23.1 Å². The minimum atomic E-state index is -0.665. The lowest BCUT2D eigenvalue weighted by atomic mass is 10.1. The third-order valence-corrected chi connectivity index (χ3v) is 4.58. The molecular weight excluding hydrogens is 230 g/mol. The van der Waals surface area contributed by atoms with Crippen LogP contribution in [0, 0.1) is 5.41 Å². The summed E-state index contributed by atoms with van der Waals surface area (Å²) in [4.78, 5) is 14.8. The SMILES string of the molecule is O=C(O)CC1(CSCc2cscn2)CC1. The Bertz CT molecular complexity index is 333. The molecule has 1 N–H and O–H groups in total. The minimum absolute atomic E-state index is 0.104. The van der Waals surface area contributed by atoms with Crippen LogP contribution in [-0.2, 0) is 10.5 Å². The van der Waals surface area contributed by atoms with E-state index < -0.39 is 5.97 Å². The smallest absolute Gasteiger partial charge is 0.303 e. The van der Waals surface area contributed by atoms with Crippen LogP contribution in [0.25, 0.3) is 0 Å². The highest BCUT2D eigenvalue weighted by Crippen LogP contribution is 2.51. The lowest BCUT2D eigenvalue weighted by Gasteiger charge is -2.10. The van der Waals surface area contributed by atoms with Crippen LogP contribution in [0.3, 0.4) is 0 Å². The molecule has 0 atom stereocenters. The number of thiazole rings is 1. The fourth-order valence-corrected chi connectivity index (χ4v) is 3.51. The van der Waals surface area contributed by atoms with Gasteiger partial charge >= 0.3 is 5.97 Å². The van der Waals surface area contributed by atoms with E-state index >= 15 is 0 Å². The summed E-state index contributed by atoms with van der Waals surface area (Å²) in [7, 11) is 0. The van der Waals surface area contributed by atoms with Crippen molar-refractivity contribution in [1.82, 2.24) is 4.98 Å². The molecule has 1 aliphatic carbocycles. The van der Waals surface area contributed by atoms with Gasteiger partial charge in [-0.25, -0.2) is 4.98 Å². The van der Waals surface area contributed by atoms with Crippen molar-refractivity contribution in [3.05, 3.63) is 16.6 Å². The van der Waals surface area contributed by atoms with Crippen LogP contribution in [0.4, 0.5) is 0 Å². The van der Waals surface area contributed by atoms with Gasteiger partial charge in [-0.1, -0.05) is 0 Å². The van der Waals surface area contributed by atoms with Gasteiger partial charge in [0.05, 0.1) is 17.6 Å². The van der Waals surface area contributed by atoms with Crippen molar-refractivity contribution in [3.8, 4) is 0 Å². The Morgan fingerprint density at radius 2 is 2.47 bits per heavy atom. The molecule has 82 valence electrons. The summed E-state index contributed by atoms with van der Waals surface area (Å²) in [6.07, 6.45) is 2.48. The first-order chi connectivity index (χ1) is 7.20. The van der Waals surface area contributed by atoms with Gasteiger partial charge < -0.3 is 5.11 Å². The molecule has 1 aliphatic rings. The zero-order valence-electron chi connectivity index (χ0n) is 8.31. The molecule has 1 aromatic rings. The summed E-state index contributed by atoms with van der Waals surface area (Å²) in [5.74, 6) is 1.20. The molecule has 1 saturated carbocycles. The number of thioether (sulfide) groups is 1. The number of carbonyl (C=O) groups is 1. The first kappa shape index (κ1) is 11.0. The number of aliphatic carboxylic acids is 1. The molecule has 3 nitrogen and oxygen atoms in total. The van der Waals surface area contributed by atoms with Crippen molar-refractivity contribution >= 4 is 29.1 Å². The van der Waals surface area contributed by atoms with Gasteiger partial charge in [0, 0.05) is 11.1 Å². The van der Waals surface area contributed by atoms with Gasteiger partial charge in [-0.15, -0.1) is 11.3 Å². The summed E-state index contributed by atoms with van der Waals surface area (Å²) < 4.78 is 0. The van der Waals surface area contributed by atoms with Gasteiger partial charge in [0.2, 0.25) is 0 Å². The minimum Gasteiger partial charge on any atom is -0.481 e. The predicted molar refractivity (Wildman–Crippen MR) is 62.2 cm³/mol. The predicted octanol–water partition coefficient (Wildman–Crippen LogP) is 2.63. The Kier molecular flexibility index (Phi) is 3.31. The van der Waals surface area contributed by atoms with Gasteiger partial charge in [-0.2, -0.15) is 11.8 Å². The molecule has 1 fully saturated rings. The normalized spacial score (nSPS) is 17.6. The Labute approximate surface area is 96.9 Å². The highest BCUT2D eigenvalue weighted by molar-refractivity contribution is 7.98. The molecule has 0 amide bonds. The average molecular weight is 243 g/mol. The number of rotatable bonds is 6. The van der Waals surface area contributed by atoms with Crippen molar-refractivity contribution < 1.29 is 9.90 Å². The first-order valence-electron chi connectivity index (χ1n) is 4.87. The maximum atomic E-state index is 10.6. The third-order valence-electron chi connectivity index (χ3n) is 2.62. The van der Waals surface area contributed by atoms with Crippen LogP contribution in [0.5, 0.6) is 0 Å². The lowest BCUT2D eigenvalue weighted by molar-refractivity contribution is -0.138. The summed E-state index contributed by atoms with van der Waals surface area (Å²) in [6, 6.07) is 0. The van der Waals surface area contributed by atoms with Gasteiger partial charge in [-0.3, -0.25) is 4.79 Å². The molecular formula is C10H13NO2S2. The van der Waals surface area contributed by atoms with Crippen LogP contribution in [0.2, 0.25) is 0 Å². The molecule has 2 rings (SSSR count). The van der Waals surface area contributed by atoms with Gasteiger partial charge in [0.15, 0.2) is 0 Å². The Hall–Kier alpha value is -0.550. The number of carboxylic acid groups (broad SMARTS) is 1. The second-order valence-corrected chi connectivity index (χ2v) is 5.75. The fourth-order valence-electron chi connectivity index (χ4n) is 1.55. The first-order valence-corrected chi connectivity index (χ1v) is 6.97. The van der Waals surface area contributed by atoms with Crippen LogP contribution in [0.1, 0.15) is 25.0 Å². The van der Waals surface area contributed by atoms with E-state index in [1.807, 2.05) is 10.9 Å². The fraction of sp³-hybridized carbons (Fsp3) is 0.600. The molecule has 0 radical (unpaired) electrons. The van der Waals surface area contributed by atoms with Crippen molar-refractivity contribution in [2.24, 2.45) is 5.41 Å². The summed E-state index contributed by atoms with van der Waals surface area (Å²) in [6.45, 7) is 0. The molecule has 1 heterocycles. The van der Waals surface area contributed by atoms with Gasteiger partial charge in [0.25, 0.3) is 0 Å². The number of aromatic nitrogens is 1. The molecule has 1 aromatic heterocycles. The van der Waals surface area contributed by atoms with Crippen molar-refractivity contribution in [3.63, 3.8) is 0 Å². The summed E-state index contributed by atoms with van der Waals surface area (Å²) in [5, 5.41) is 10.8. The zero-order chi connectivity index (χ0) is 10.7. The van der Waals surface area contributed by atoms with E-state index in [4.69, 9.17) is 5.11 Å². The molecule has 0 bridgehead atoms. The molecule has 15 heavy (non-hydrogen) atoms. The average Bonchev–Trinajstić information content (AvgIpc) is 2.74. The monoisotopic (exact) mass is 243 g/mol. The quantitative estimate of drug-likeness (QED) is 0.834. The van der Waals surface area contributed by atoms with Gasteiger partial charge in [-0.05, 0) is 24.0 Å². The number of carboxylic acids is 1. The largest absolute Gasteiger partial charge is 0.481 e. The summed E-state index contributed by atoms with van der Waals surface area (Å²) in [5.41, 5.74) is 3.04. The lowest BCUT2D eigenvalue weighted by Crippen LogP contribution is -2.11. The maximum absolute atomic E-state index is 10.6. The van der Waals surface area contributed by atoms with E-state index in [9.17, 15) is 4.79 Å². The van der Waals surface area contributed by atoms with Crippen LogP contribution in [0.15, 0.2) is 10.9 Å². The number of hydrogen-bond donors (Lipinski definition) is 1. The second kappa shape index (κ2) is 4.53. The Morgan fingerprint density at radius 1 is 1.67 bits per heavy atom. The van der Waals surface area contributed by atoms with E-state index in [-0.39, 0.29) is 5.41 Å². The highest BCUT2D eigenvalue weighted by Gasteiger charge is 2.43. The van der Waals surface area contributed by atoms with E-state index in [2.05, 4.69) is 4.98 Å². The van der Waals surface area contributed by atoms with Crippen molar-refractivity contribution in [2.75, 3.05) is 5.75 Å². The topological polar surface area (TPSA) is 50.2 Å². The molecule has 0 aliphatic heterocycles. The maximum Gasteiger partial charge on any atom is 0.303 e. The standard InChI is InChI=1S/C10H13NO2S2/c12-9(13)3-10(1-2-10)6-14-4-8-5-15-7-11-8/h5,7H,1-4,6H2,(H,12,13). The zero-order valence-corrected chi connectivity index (χ0v) is 9.94. The number of hydrogen-bond acceptors (Lipinski definition) is 4. The third kappa shape index (κ3) is 3.21. The molecule has 0 aromatic carbocycles. The Morgan fingerprint density at radius 3 is 3.00 bits per heavy atom.